The average Bonchev–Trinajstić information content (AvgIpc) is 3.37. The van der Waals surface area contributed by atoms with Crippen LogP contribution in [0, 0.1) is 0 Å². The van der Waals surface area contributed by atoms with E-state index in [0.29, 0.717) is 6.42 Å². The lowest BCUT2D eigenvalue weighted by Gasteiger charge is -2.38. The van der Waals surface area contributed by atoms with Gasteiger partial charge in [0.2, 0.25) is 13.6 Å². The number of fused-ring (bicyclic) bond motifs is 5. The van der Waals surface area contributed by atoms with Gasteiger partial charge in [-0.25, -0.2) is 0 Å². The molecule has 0 amide bonds. The summed E-state index contributed by atoms with van der Waals surface area (Å²) in [5.74, 6) is 3.08. The van der Waals surface area contributed by atoms with Crippen LogP contribution in [0.15, 0.2) is 24.3 Å². The SMILES string of the molecule is CN1CCc2cc3c(cc2C1C1C(=O)Cc2c1ccc1c2OCO1)OCO3. The lowest BCUT2D eigenvalue weighted by atomic mass is 9.81. The van der Waals surface area contributed by atoms with E-state index in [9.17, 15) is 4.79 Å². The third kappa shape index (κ3) is 2.07. The van der Waals surface area contributed by atoms with Gasteiger partial charge in [0.15, 0.2) is 23.0 Å². The summed E-state index contributed by atoms with van der Waals surface area (Å²) in [5, 5.41) is 0. The first kappa shape index (κ1) is 15.3. The number of hydrogen-bond donors (Lipinski definition) is 0. The van der Waals surface area contributed by atoms with Crippen LogP contribution in [0.3, 0.4) is 0 Å². The number of Topliss-reactive ketones (excluding diaryl/α,β-unsaturated/α-hetero) is 1. The van der Waals surface area contributed by atoms with E-state index in [4.69, 9.17) is 18.9 Å². The molecule has 6 rings (SSSR count). The molecule has 1 aliphatic carbocycles. The van der Waals surface area contributed by atoms with Crippen molar-refractivity contribution in [3.63, 3.8) is 0 Å². The maximum atomic E-state index is 13.1. The molecule has 0 fully saturated rings. The molecule has 6 nitrogen and oxygen atoms in total. The highest BCUT2D eigenvalue weighted by atomic mass is 16.7. The lowest BCUT2D eigenvalue weighted by Crippen LogP contribution is -2.37. The van der Waals surface area contributed by atoms with Gasteiger partial charge in [0, 0.05) is 24.6 Å². The monoisotopic (exact) mass is 365 g/mol. The summed E-state index contributed by atoms with van der Waals surface area (Å²) < 4.78 is 22.3. The van der Waals surface area contributed by atoms with Gasteiger partial charge in [-0.3, -0.25) is 9.69 Å². The summed E-state index contributed by atoms with van der Waals surface area (Å²) in [6.07, 6.45) is 1.34. The lowest BCUT2D eigenvalue weighted by molar-refractivity contribution is -0.120. The number of carbonyl (C=O) groups excluding carboxylic acids is 1. The molecule has 2 atom stereocenters. The number of likely N-dealkylation sites (N-methyl/N-ethyl adjacent to an activating group) is 1. The Morgan fingerprint density at radius 1 is 0.963 bits per heavy atom. The van der Waals surface area contributed by atoms with Crippen LogP contribution >= 0.6 is 0 Å². The summed E-state index contributed by atoms with van der Waals surface area (Å²) in [6.45, 7) is 1.38. The van der Waals surface area contributed by atoms with E-state index in [1.54, 1.807) is 0 Å². The molecule has 3 aliphatic heterocycles. The highest BCUT2D eigenvalue weighted by molar-refractivity contribution is 5.95. The molecule has 2 aromatic rings. The van der Waals surface area contributed by atoms with Crippen molar-refractivity contribution in [2.75, 3.05) is 27.2 Å². The number of hydrogen-bond acceptors (Lipinski definition) is 6. The first-order chi connectivity index (χ1) is 13.2. The van der Waals surface area contributed by atoms with Crippen molar-refractivity contribution >= 4 is 5.78 Å². The molecule has 27 heavy (non-hydrogen) atoms. The van der Waals surface area contributed by atoms with Gasteiger partial charge in [-0.1, -0.05) is 6.07 Å². The van der Waals surface area contributed by atoms with Crippen LogP contribution in [0.2, 0.25) is 0 Å². The predicted molar refractivity (Wildman–Crippen MR) is 95.7 cm³/mol. The Balaban J connectivity index is 1.50. The zero-order valence-electron chi connectivity index (χ0n) is 15.0. The smallest absolute Gasteiger partial charge is 0.231 e. The van der Waals surface area contributed by atoms with Gasteiger partial charge >= 0.3 is 0 Å². The molecule has 6 heteroatoms. The zero-order chi connectivity index (χ0) is 18.1. The molecule has 0 saturated heterocycles. The summed E-state index contributed by atoms with van der Waals surface area (Å²) in [7, 11) is 2.09. The number of ketones is 1. The second-order valence-corrected chi connectivity index (χ2v) is 7.57. The predicted octanol–water partition coefficient (Wildman–Crippen LogP) is 2.58. The van der Waals surface area contributed by atoms with Crippen LogP contribution in [0.1, 0.15) is 34.2 Å². The molecule has 4 aliphatic rings. The average molecular weight is 365 g/mol. The highest BCUT2D eigenvalue weighted by Crippen LogP contribution is 2.51. The van der Waals surface area contributed by atoms with Crippen LogP contribution < -0.4 is 18.9 Å². The molecule has 138 valence electrons. The quantitative estimate of drug-likeness (QED) is 0.774. The Morgan fingerprint density at radius 3 is 2.63 bits per heavy atom. The van der Waals surface area contributed by atoms with Crippen LogP contribution in [0.5, 0.6) is 23.0 Å². The molecular weight excluding hydrogens is 346 g/mol. The molecule has 3 heterocycles. The summed E-state index contributed by atoms with van der Waals surface area (Å²) in [6, 6.07) is 8.09. The first-order valence-corrected chi connectivity index (χ1v) is 9.27. The normalized spacial score (nSPS) is 24.9. The minimum atomic E-state index is -0.209. The van der Waals surface area contributed by atoms with Crippen molar-refractivity contribution < 1.29 is 23.7 Å². The van der Waals surface area contributed by atoms with E-state index in [1.807, 2.05) is 12.1 Å². The van der Waals surface area contributed by atoms with Crippen molar-refractivity contribution in [3.05, 3.63) is 46.5 Å². The maximum absolute atomic E-state index is 13.1. The molecule has 0 radical (unpaired) electrons. The minimum Gasteiger partial charge on any atom is -0.454 e. The van der Waals surface area contributed by atoms with Crippen molar-refractivity contribution in [1.82, 2.24) is 4.90 Å². The van der Waals surface area contributed by atoms with E-state index in [0.717, 1.165) is 52.7 Å². The van der Waals surface area contributed by atoms with Crippen LogP contribution in [-0.4, -0.2) is 37.9 Å². The van der Waals surface area contributed by atoms with Gasteiger partial charge in [-0.15, -0.1) is 0 Å². The number of benzene rings is 2. The van der Waals surface area contributed by atoms with E-state index in [-0.39, 0.29) is 31.3 Å². The van der Waals surface area contributed by atoms with E-state index >= 15 is 0 Å². The molecule has 2 unspecified atom stereocenters. The van der Waals surface area contributed by atoms with Gasteiger partial charge in [0.25, 0.3) is 0 Å². The molecular formula is C21H19NO5. The van der Waals surface area contributed by atoms with Crippen LogP contribution in [0.25, 0.3) is 0 Å². The largest absolute Gasteiger partial charge is 0.454 e. The maximum Gasteiger partial charge on any atom is 0.231 e. The zero-order valence-corrected chi connectivity index (χ0v) is 15.0. The number of rotatable bonds is 1. The van der Waals surface area contributed by atoms with E-state index in [1.165, 1.54) is 5.56 Å². The van der Waals surface area contributed by atoms with Crippen molar-refractivity contribution in [1.29, 1.82) is 0 Å². The van der Waals surface area contributed by atoms with E-state index in [2.05, 4.69) is 24.1 Å². The fraction of sp³-hybridized carbons (Fsp3) is 0.381. The highest BCUT2D eigenvalue weighted by Gasteiger charge is 2.44. The minimum absolute atomic E-state index is 0.0163. The summed E-state index contributed by atoms with van der Waals surface area (Å²) in [4.78, 5) is 15.4. The Bertz CT molecular complexity index is 985. The fourth-order valence-corrected chi connectivity index (χ4v) is 4.92. The third-order valence-electron chi connectivity index (χ3n) is 6.19. The summed E-state index contributed by atoms with van der Waals surface area (Å²) in [5.41, 5.74) is 4.45. The van der Waals surface area contributed by atoms with Gasteiger partial charge < -0.3 is 18.9 Å². The number of ether oxygens (including phenoxy) is 4. The van der Waals surface area contributed by atoms with Gasteiger partial charge in [0.1, 0.15) is 5.78 Å². The van der Waals surface area contributed by atoms with Crippen molar-refractivity contribution in [2.24, 2.45) is 0 Å². The Hall–Kier alpha value is -2.73. The third-order valence-corrected chi connectivity index (χ3v) is 6.19. The second kappa shape index (κ2) is 5.39. The van der Waals surface area contributed by atoms with Crippen LogP contribution in [0.4, 0.5) is 0 Å². The summed E-state index contributed by atoms with van der Waals surface area (Å²) >= 11 is 0. The first-order valence-electron chi connectivity index (χ1n) is 9.27. The van der Waals surface area contributed by atoms with Gasteiger partial charge in [-0.05, 0) is 48.4 Å². The number of nitrogens with zero attached hydrogens (tertiary/aromatic N) is 1. The fourth-order valence-electron chi connectivity index (χ4n) is 4.92. The molecule has 0 aromatic heterocycles. The van der Waals surface area contributed by atoms with Gasteiger partial charge in [-0.2, -0.15) is 0 Å². The Labute approximate surface area is 156 Å². The second-order valence-electron chi connectivity index (χ2n) is 7.57. The van der Waals surface area contributed by atoms with Gasteiger partial charge in [0.05, 0.1) is 5.92 Å². The molecule has 0 saturated carbocycles. The Morgan fingerprint density at radius 2 is 1.74 bits per heavy atom. The topological polar surface area (TPSA) is 57.2 Å². The standard InChI is InChI=1S/C21H19NO5/c1-22-5-4-11-6-17-18(26-9-25-17)8-13(11)20(22)19-12-2-3-16-21(27-10-24-16)14(12)7-15(19)23/h2-3,6,8,19-20H,4-5,7,9-10H2,1H3. The van der Waals surface area contributed by atoms with E-state index < -0.39 is 0 Å². The molecule has 0 N–H and O–H groups in total. The van der Waals surface area contributed by atoms with Crippen LogP contribution in [-0.2, 0) is 17.6 Å². The molecule has 0 spiro atoms. The number of carbonyl (C=O) groups is 1. The molecule has 0 bridgehead atoms. The van der Waals surface area contributed by atoms with Crippen molar-refractivity contribution in [3.8, 4) is 23.0 Å². The molecule has 2 aromatic carbocycles. The van der Waals surface area contributed by atoms with Crippen molar-refractivity contribution in [2.45, 2.75) is 24.8 Å². The Kier molecular flexibility index (Phi) is 3.06.